The van der Waals surface area contributed by atoms with Gasteiger partial charge in [0.25, 0.3) is 0 Å². The van der Waals surface area contributed by atoms with Crippen LogP contribution < -0.4 is 5.32 Å². The molecule has 0 saturated heterocycles. The summed E-state index contributed by atoms with van der Waals surface area (Å²) in [6.07, 6.45) is 1.10. The van der Waals surface area contributed by atoms with E-state index in [0.717, 1.165) is 0 Å². The molecular formula is C12H21NO4. The highest BCUT2D eigenvalue weighted by Crippen LogP contribution is 2.15. The zero-order valence-electron chi connectivity index (χ0n) is 10.8. The molecule has 0 aliphatic carbocycles. The highest BCUT2D eigenvalue weighted by atomic mass is 16.4. The summed E-state index contributed by atoms with van der Waals surface area (Å²) in [6.45, 7) is 6.58. The van der Waals surface area contributed by atoms with Crippen LogP contribution in [0.4, 0.5) is 0 Å². The van der Waals surface area contributed by atoms with Crippen LogP contribution >= 0.6 is 0 Å². The van der Waals surface area contributed by atoms with Crippen LogP contribution in [0.1, 0.15) is 40.5 Å². The van der Waals surface area contributed by atoms with E-state index in [1.165, 1.54) is 13.8 Å². The van der Waals surface area contributed by atoms with Gasteiger partial charge in [0.15, 0.2) is 0 Å². The Hall–Kier alpha value is -1.36. The van der Waals surface area contributed by atoms with Gasteiger partial charge in [-0.3, -0.25) is 4.79 Å². The number of hydrogen-bond donors (Lipinski definition) is 3. The van der Waals surface area contributed by atoms with Crippen LogP contribution in [-0.4, -0.2) is 34.2 Å². The lowest BCUT2D eigenvalue weighted by Crippen LogP contribution is -2.46. The highest BCUT2D eigenvalue weighted by Gasteiger charge is 2.25. The first-order chi connectivity index (χ1) is 7.77. The van der Waals surface area contributed by atoms with Crippen molar-refractivity contribution in [1.82, 2.24) is 5.32 Å². The Bertz CT molecular complexity index is 335. The molecule has 0 radical (unpaired) electrons. The molecule has 5 nitrogen and oxygen atoms in total. The summed E-state index contributed by atoms with van der Waals surface area (Å²) in [5, 5.41) is 20.5. The lowest BCUT2D eigenvalue weighted by Gasteiger charge is -2.29. The molecule has 1 amide bonds. The van der Waals surface area contributed by atoms with Crippen molar-refractivity contribution in [2.24, 2.45) is 0 Å². The van der Waals surface area contributed by atoms with Crippen LogP contribution in [0.15, 0.2) is 11.1 Å². The average molecular weight is 243 g/mol. The van der Waals surface area contributed by atoms with E-state index in [1.807, 2.05) is 13.8 Å². The number of carbonyl (C=O) groups excluding carboxylic acids is 1. The molecule has 0 aromatic rings. The molecule has 0 aliphatic heterocycles. The normalized spacial score (nSPS) is 15.8. The Balaban J connectivity index is 4.86. The summed E-state index contributed by atoms with van der Waals surface area (Å²) in [7, 11) is 0. The summed E-state index contributed by atoms with van der Waals surface area (Å²) in [5.41, 5.74) is -0.286. The lowest BCUT2D eigenvalue weighted by molar-refractivity contribution is -0.133. The standard InChI is InChI=1S/C12H21NO4/c1-5-12(4,6-7-14)13-10(15)8(2)9(3)11(16)17/h14H,5-7H2,1-4H3,(H,13,15)(H,16,17). The maximum atomic E-state index is 11.8. The molecule has 0 aliphatic rings. The van der Waals surface area contributed by atoms with Crippen molar-refractivity contribution in [3.63, 3.8) is 0 Å². The van der Waals surface area contributed by atoms with Crippen molar-refractivity contribution >= 4 is 11.9 Å². The minimum absolute atomic E-state index is 0.0225. The number of rotatable bonds is 6. The van der Waals surface area contributed by atoms with Gasteiger partial charge in [-0.15, -0.1) is 0 Å². The number of carbonyl (C=O) groups is 2. The Morgan fingerprint density at radius 2 is 1.76 bits per heavy atom. The van der Waals surface area contributed by atoms with Crippen LogP contribution in [0, 0.1) is 0 Å². The number of carboxylic acids is 1. The highest BCUT2D eigenvalue weighted by molar-refractivity contribution is 6.01. The largest absolute Gasteiger partial charge is 0.478 e. The quantitative estimate of drug-likeness (QED) is 0.609. The van der Waals surface area contributed by atoms with Gasteiger partial charge in [0.1, 0.15) is 0 Å². The van der Waals surface area contributed by atoms with Crippen LogP contribution in [0.2, 0.25) is 0 Å². The van der Waals surface area contributed by atoms with E-state index in [-0.39, 0.29) is 17.8 Å². The van der Waals surface area contributed by atoms with Gasteiger partial charge >= 0.3 is 5.97 Å². The van der Waals surface area contributed by atoms with E-state index >= 15 is 0 Å². The number of hydrogen-bond acceptors (Lipinski definition) is 3. The zero-order chi connectivity index (χ0) is 13.6. The first-order valence-electron chi connectivity index (χ1n) is 5.61. The molecular weight excluding hydrogens is 222 g/mol. The molecule has 0 rings (SSSR count). The fourth-order valence-electron chi connectivity index (χ4n) is 1.27. The van der Waals surface area contributed by atoms with E-state index in [9.17, 15) is 9.59 Å². The number of carboxylic acid groups (broad SMARTS) is 1. The SMILES string of the molecule is CCC(C)(CCO)NC(=O)C(C)=C(C)C(=O)O. The molecule has 1 atom stereocenters. The molecule has 3 N–H and O–H groups in total. The zero-order valence-corrected chi connectivity index (χ0v) is 10.8. The van der Waals surface area contributed by atoms with Gasteiger partial charge in [-0.1, -0.05) is 6.92 Å². The summed E-state index contributed by atoms with van der Waals surface area (Å²) >= 11 is 0. The third-order valence-electron chi connectivity index (χ3n) is 3.08. The average Bonchev–Trinajstić information content (AvgIpc) is 2.27. The Morgan fingerprint density at radius 3 is 2.12 bits per heavy atom. The molecule has 98 valence electrons. The topological polar surface area (TPSA) is 86.6 Å². The molecule has 0 saturated carbocycles. The molecule has 0 bridgehead atoms. The van der Waals surface area contributed by atoms with Crippen LogP contribution in [-0.2, 0) is 9.59 Å². The summed E-state index contributed by atoms with van der Waals surface area (Å²) in [6, 6.07) is 0. The monoisotopic (exact) mass is 243 g/mol. The molecule has 5 heteroatoms. The van der Waals surface area contributed by atoms with E-state index in [1.54, 1.807) is 0 Å². The van der Waals surface area contributed by atoms with Gasteiger partial charge in [-0.2, -0.15) is 0 Å². The fourth-order valence-corrected chi connectivity index (χ4v) is 1.27. The van der Waals surface area contributed by atoms with Crippen molar-refractivity contribution in [2.45, 2.75) is 46.1 Å². The van der Waals surface area contributed by atoms with Crippen molar-refractivity contribution in [3.05, 3.63) is 11.1 Å². The third kappa shape index (κ3) is 4.56. The minimum atomic E-state index is -1.10. The van der Waals surface area contributed by atoms with Crippen LogP contribution in [0.25, 0.3) is 0 Å². The summed E-state index contributed by atoms with van der Waals surface area (Å²) < 4.78 is 0. The Kier molecular flexibility index (Phi) is 5.88. The molecule has 0 heterocycles. The van der Waals surface area contributed by atoms with Gasteiger partial charge < -0.3 is 15.5 Å². The van der Waals surface area contributed by atoms with Crippen molar-refractivity contribution in [2.75, 3.05) is 6.61 Å². The second-order valence-electron chi connectivity index (χ2n) is 4.40. The molecule has 0 aromatic heterocycles. The van der Waals surface area contributed by atoms with E-state index < -0.39 is 17.4 Å². The third-order valence-corrected chi connectivity index (χ3v) is 3.08. The number of amides is 1. The Labute approximate surface area is 102 Å². The van der Waals surface area contributed by atoms with Gasteiger partial charge in [-0.25, -0.2) is 4.79 Å². The van der Waals surface area contributed by atoms with E-state index in [4.69, 9.17) is 10.2 Å². The molecule has 0 spiro atoms. The van der Waals surface area contributed by atoms with Crippen molar-refractivity contribution in [3.8, 4) is 0 Å². The lowest BCUT2D eigenvalue weighted by atomic mass is 9.94. The fraction of sp³-hybridized carbons (Fsp3) is 0.667. The van der Waals surface area contributed by atoms with Gasteiger partial charge in [0.05, 0.1) is 0 Å². The second-order valence-corrected chi connectivity index (χ2v) is 4.40. The van der Waals surface area contributed by atoms with Crippen LogP contribution in [0.3, 0.4) is 0 Å². The van der Waals surface area contributed by atoms with Gasteiger partial charge in [0.2, 0.25) is 5.91 Å². The first-order valence-corrected chi connectivity index (χ1v) is 5.61. The Morgan fingerprint density at radius 1 is 1.24 bits per heavy atom. The molecule has 0 aromatic carbocycles. The van der Waals surface area contributed by atoms with E-state index in [2.05, 4.69) is 5.32 Å². The maximum absolute atomic E-state index is 11.8. The number of aliphatic hydroxyl groups is 1. The number of aliphatic carboxylic acids is 1. The van der Waals surface area contributed by atoms with Gasteiger partial charge in [-0.05, 0) is 33.6 Å². The molecule has 17 heavy (non-hydrogen) atoms. The molecule has 1 unspecified atom stereocenters. The van der Waals surface area contributed by atoms with Crippen LogP contribution in [0.5, 0.6) is 0 Å². The van der Waals surface area contributed by atoms with Crippen molar-refractivity contribution < 1.29 is 19.8 Å². The first kappa shape index (κ1) is 15.6. The predicted molar refractivity (Wildman–Crippen MR) is 64.6 cm³/mol. The van der Waals surface area contributed by atoms with Crippen molar-refractivity contribution in [1.29, 1.82) is 0 Å². The second kappa shape index (κ2) is 6.39. The number of aliphatic hydroxyl groups excluding tert-OH is 1. The summed E-state index contributed by atoms with van der Waals surface area (Å²) in [4.78, 5) is 22.6. The molecule has 0 fully saturated rings. The maximum Gasteiger partial charge on any atom is 0.331 e. The summed E-state index contributed by atoms with van der Waals surface area (Å²) in [5.74, 6) is -1.50. The number of nitrogens with one attached hydrogen (secondary N) is 1. The minimum Gasteiger partial charge on any atom is -0.478 e. The van der Waals surface area contributed by atoms with E-state index in [0.29, 0.717) is 12.8 Å². The van der Waals surface area contributed by atoms with Gasteiger partial charge in [0, 0.05) is 23.3 Å². The smallest absolute Gasteiger partial charge is 0.331 e. The predicted octanol–water partition coefficient (Wildman–Crippen LogP) is 1.07.